The second-order valence-electron chi connectivity index (χ2n) is 4.33. The lowest BCUT2D eigenvalue weighted by molar-refractivity contribution is -0.174. The highest BCUT2D eigenvalue weighted by Gasteiger charge is 2.62. The lowest BCUT2D eigenvalue weighted by Crippen LogP contribution is -2.54. The van der Waals surface area contributed by atoms with E-state index in [2.05, 4.69) is 0 Å². The highest BCUT2D eigenvalue weighted by Crippen LogP contribution is 2.53. The van der Waals surface area contributed by atoms with Gasteiger partial charge in [0, 0.05) is 12.8 Å². The summed E-state index contributed by atoms with van der Waals surface area (Å²) in [6, 6.07) is 6.22. The standard InChI is InChI=1S/C12H12F2O3/c1-17-9-4-2-8(3-5-9)11(10(15)16)6-12(13,14)7-11/h2-5H,6-7H2,1H3,(H,15,16). The average Bonchev–Trinajstić information content (AvgIpc) is 2.25. The van der Waals surface area contributed by atoms with Gasteiger partial charge in [0.25, 0.3) is 5.92 Å². The van der Waals surface area contributed by atoms with Crippen molar-refractivity contribution in [2.75, 3.05) is 7.11 Å². The van der Waals surface area contributed by atoms with E-state index in [4.69, 9.17) is 9.84 Å². The van der Waals surface area contributed by atoms with E-state index in [-0.39, 0.29) is 0 Å². The minimum atomic E-state index is -2.88. The molecule has 0 bridgehead atoms. The first-order valence-corrected chi connectivity index (χ1v) is 5.15. The van der Waals surface area contributed by atoms with Crippen LogP contribution in [0.15, 0.2) is 24.3 Å². The third-order valence-corrected chi connectivity index (χ3v) is 3.17. The van der Waals surface area contributed by atoms with Crippen LogP contribution in [0.2, 0.25) is 0 Å². The van der Waals surface area contributed by atoms with Crippen molar-refractivity contribution in [1.82, 2.24) is 0 Å². The Morgan fingerprint density at radius 1 is 1.29 bits per heavy atom. The van der Waals surface area contributed by atoms with E-state index in [9.17, 15) is 13.6 Å². The molecular weight excluding hydrogens is 230 g/mol. The molecule has 1 N–H and O–H groups in total. The number of alkyl halides is 2. The van der Waals surface area contributed by atoms with Crippen LogP contribution in [0, 0.1) is 0 Å². The predicted molar refractivity (Wildman–Crippen MR) is 56.5 cm³/mol. The molecule has 0 amide bonds. The lowest BCUT2D eigenvalue weighted by Gasteiger charge is -2.44. The Kier molecular flexibility index (Phi) is 2.56. The first-order valence-electron chi connectivity index (χ1n) is 5.15. The van der Waals surface area contributed by atoms with Crippen LogP contribution >= 0.6 is 0 Å². The molecule has 0 spiro atoms. The summed E-state index contributed by atoms with van der Waals surface area (Å²) in [5.41, 5.74) is -1.05. The molecule has 1 aromatic carbocycles. The van der Waals surface area contributed by atoms with Gasteiger partial charge in [-0.2, -0.15) is 0 Å². The van der Waals surface area contributed by atoms with E-state index >= 15 is 0 Å². The van der Waals surface area contributed by atoms with Gasteiger partial charge in [-0.05, 0) is 17.7 Å². The minimum Gasteiger partial charge on any atom is -0.497 e. The van der Waals surface area contributed by atoms with Crippen molar-refractivity contribution in [1.29, 1.82) is 0 Å². The summed E-state index contributed by atoms with van der Waals surface area (Å²) in [6.45, 7) is 0. The Labute approximate surface area is 97.0 Å². The molecule has 3 nitrogen and oxygen atoms in total. The maximum atomic E-state index is 12.9. The van der Waals surface area contributed by atoms with Crippen LogP contribution in [-0.2, 0) is 10.2 Å². The zero-order chi connectivity index (χ0) is 12.7. The number of hydrogen-bond acceptors (Lipinski definition) is 2. The summed E-state index contributed by atoms with van der Waals surface area (Å²) in [4.78, 5) is 11.2. The molecular formula is C12H12F2O3. The van der Waals surface area contributed by atoms with Crippen LogP contribution in [0.5, 0.6) is 5.75 Å². The van der Waals surface area contributed by atoms with Gasteiger partial charge in [-0.15, -0.1) is 0 Å². The van der Waals surface area contributed by atoms with Crippen molar-refractivity contribution >= 4 is 5.97 Å². The maximum Gasteiger partial charge on any atom is 0.314 e. The molecule has 92 valence electrons. The average molecular weight is 242 g/mol. The first-order chi connectivity index (χ1) is 7.89. The van der Waals surface area contributed by atoms with E-state index in [1.54, 1.807) is 12.1 Å². The van der Waals surface area contributed by atoms with Crippen molar-refractivity contribution in [3.8, 4) is 5.75 Å². The molecule has 0 radical (unpaired) electrons. The number of benzene rings is 1. The van der Waals surface area contributed by atoms with E-state index in [0.29, 0.717) is 11.3 Å². The number of carboxylic acids is 1. The summed E-state index contributed by atoms with van der Waals surface area (Å²) in [5.74, 6) is -3.51. The number of carbonyl (C=O) groups is 1. The number of aliphatic carboxylic acids is 1. The minimum absolute atomic E-state index is 0.400. The Balaban J connectivity index is 2.32. The van der Waals surface area contributed by atoms with Crippen LogP contribution in [0.1, 0.15) is 18.4 Å². The smallest absolute Gasteiger partial charge is 0.314 e. The lowest BCUT2D eigenvalue weighted by atomic mass is 9.62. The van der Waals surface area contributed by atoms with E-state index < -0.39 is 30.1 Å². The third-order valence-electron chi connectivity index (χ3n) is 3.17. The van der Waals surface area contributed by atoms with Gasteiger partial charge in [-0.25, -0.2) is 8.78 Å². The van der Waals surface area contributed by atoms with Crippen molar-refractivity contribution in [2.24, 2.45) is 0 Å². The number of hydrogen-bond donors (Lipinski definition) is 1. The Hall–Kier alpha value is -1.65. The summed E-state index contributed by atoms with van der Waals surface area (Å²) in [6.07, 6.45) is -1.27. The summed E-state index contributed by atoms with van der Waals surface area (Å²) < 4.78 is 30.8. The molecule has 1 fully saturated rings. The molecule has 0 atom stereocenters. The number of ether oxygens (including phenoxy) is 1. The predicted octanol–water partition coefficient (Wildman–Crippen LogP) is 2.45. The fraction of sp³-hybridized carbons (Fsp3) is 0.417. The maximum absolute atomic E-state index is 12.9. The number of methoxy groups -OCH3 is 1. The van der Waals surface area contributed by atoms with Crippen molar-refractivity contribution in [2.45, 2.75) is 24.2 Å². The summed E-state index contributed by atoms with van der Waals surface area (Å²) >= 11 is 0. The fourth-order valence-electron chi connectivity index (χ4n) is 2.22. The monoisotopic (exact) mass is 242 g/mol. The topological polar surface area (TPSA) is 46.5 Å². The molecule has 1 aromatic rings. The molecule has 1 aliphatic carbocycles. The van der Waals surface area contributed by atoms with Gasteiger partial charge >= 0.3 is 5.97 Å². The molecule has 17 heavy (non-hydrogen) atoms. The molecule has 0 aliphatic heterocycles. The van der Waals surface area contributed by atoms with E-state index in [0.717, 1.165) is 0 Å². The molecule has 0 aromatic heterocycles. The van der Waals surface area contributed by atoms with Gasteiger partial charge in [-0.1, -0.05) is 12.1 Å². The van der Waals surface area contributed by atoms with Crippen molar-refractivity contribution in [3.63, 3.8) is 0 Å². The zero-order valence-electron chi connectivity index (χ0n) is 9.24. The summed E-state index contributed by atoms with van der Waals surface area (Å²) in [7, 11) is 1.49. The Morgan fingerprint density at radius 2 is 1.82 bits per heavy atom. The number of halogens is 2. The van der Waals surface area contributed by atoms with Crippen LogP contribution in [0.3, 0.4) is 0 Å². The van der Waals surface area contributed by atoms with E-state index in [1.807, 2.05) is 0 Å². The molecule has 0 saturated heterocycles. The van der Waals surface area contributed by atoms with Crippen LogP contribution in [0.4, 0.5) is 8.78 Å². The van der Waals surface area contributed by atoms with Crippen LogP contribution in [0.25, 0.3) is 0 Å². The Bertz CT molecular complexity index is 432. The van der Waals surface area contributed by atoms with Gasteiger partial charge in [0.1, 0.15) is 11.2 Å². The quantitative estimate of drug-likeness (QED) is 0.885. The number of carboxylic acid groups (broad SMARTS) is 1. The van der Waals surface area contributed by atoms with Gasteiger partial charge < -0.3 is 9.84 Å². The van der Waals surface area contributed by atoms with Gasteiger partial charge in [0.2, 0.25) is 0 Å². The molecule has 2 rings (SSSR count). The van der Waals surface area contributed by atoms with Gasteiger partial charge in [0.15, 0.2) is 0 Å². The molecule has 1 aliphatic rings. The normalized spacial score (nSPS) is 20.4. The highest BCUT2D eigenvalue weighted by atomic mass is 19.3. The van der Waals surface area contributed by atoms with Crippen molar-refractivity contribution in [3.05, 3.63) is 29.8 Å². The molecule has 5 heteroatoms. The van der Waals surface area contributed by atoms with Crippen LogP contribution < -0.4 is 4.74 Å². The largest absolute Gasteiger partial charge is 0.497 e. The Morgan fingerprint density at radius 3 is 2.18 bits per heavy atom. The zero-order valence-corrected chi connectivity index (χ0v) is 9.24. The van der Waals surface area contributed by atoms with Crippen LogP contribution in [-0.4, -0.2) is 24.1 Å². The molecule has 0 heterocycles. The van der Waals surface area contributed by atoms with E-state index in [1.165, 1.54) is 19.2 Å². The summed E-state index contributed by atoms with van der Waals surface area (Å²) in [5, 5.41) is 9.13. The van der Waals surface area contributed by atoms with Gasteiger partial charge in [-0.3, -0.25) is 4.79 Å². The van der Waals surface area contributed by atoms with Crippen molar-refractivity contribution < 1.29 is 23.4 Å². The second-order valence-corrected chi connectivity index (χ2v) is 4.33. The highest BCUT2D eigenvalue weighted by molar-refractivity contribution is 5.83. The second kappa shape index (κ2) is 3.68. The molecule has 0 unspecified atom stereocenters. The third kappa shape index (κ3) is 1.85. The fourth-order valence-corrected chi connectivity index (χ4v) is 2.22. The molecule has 1 saturated carbocycles. The SMILES string of the molecule is COc1ccc(C2(C(=O)O)CC(F)(F)C2)cc1. The van der Waals surface area contributed by atoms with Gasteiger partial charge in [0.05, 0.1) is 7.11 Å². The first kappa shape index (κ1) is 11.8. The number of rotatable bonds is 3.